The van der Waals surface area contributed by atoms with E-state index >= 15 is 0 Å². The Kier molecular flexibility index (Phi) is 4.21. The standard InChI is InChI=1S/C12H26O2Si2/c1-6-10-15(3,4)14-12(7-2)9-8-11-16(12,5)13/h8,11,13H,6-7,9-10H2,1-5H3. The molecular formula is C12H26O2Si2. The van der Waals surface area contributed by atoms with Crippen molar-refractivity contribution in [3.05, 3.63) is 11.8 Å². The molecule has 0 aromatic heterocycles. The third kappa shape index (κ3) is 2.67. The zero-order valence-corrected chi connectivity index (χ0v) is 13.3. The molecule has 1 heterocycles. The lowest BCUT2D eigenvalue weighted by Crippen LogP contribution is -2.58. The van der Waals surface area contributed by atoms with Gasteiger partial charge in [-0.05, 0) is 38.5 Å². The number of rotatable bonds is 5. The first kappa shape index (κ1) is 14.2. The normalized spacial score (nSPS) is 34.6. The summed E-state index contributed by atoms with van der Waals surface area (Å²) in [4.78, 5) is 10.6. The van der Waals surface area contributed by atoms with E-state index < -0.39 is 16.6 Å². The van der Waals surface area contributed by atoms with E-state index in [0.717, 1.165) is 12.8 Å². The molecule has 2 atom stereocenters. The first-order valence-electron chi connectivity index (χ1n) is 6.39. The first-order chi connectivity index (χ1) is 7.29. The molecule has 16 heavy (non-hydrogen) atoms. The highest BCUT2D eigenvalue weighted by atomic mass is 28.4. The van der Waals surface area contributed by atoms with Crippen LogP contribution in [-0.4, -0.2) is 26.7 Å². The molecule has 2 nitrogen and oxygen atoms in total. The van der Waals surface area contributed by atoms with E-state index in [-0.39, 0.29) is 5.22 Å². The summed E-state index contributed by atoms with van der Waals surface area (Å²) in [6, 6.07) is 1.18. The van der Waals surface area contributed by atoms with Gasteiger partial charge < -0.3 is 9.22 Å². The summed E-state index contributed by atoms with van der Waals surface area (Å²) in [6.45, 7) is 10.9. The molecule has 0 aliphatic carbocycles. The van der Waals surface area contributed by atoms with Crippen LogP contribution in [0.2, 0.25) is 25.7 Å². The van der Waals surface area contributed by atoms with Crippen LogP contribution in [0.3, 0.4) is 0 Å². The number of hydrogen-bond acceptors (Lipinski definition) is 2. The maximum Gasteiger partial charge on any atom is 0.240 e. The quantitative estimate of drug-likeness (QED) is 0.766. The zero-order chi connectivity index (χ0) is 12.4. The molecule has 0 spiro atoms. The summed E-state index contributed by atoms with van der Waals surface area (Å²) in [6.07, 6.45) is 5.13. The van der Waals surface area contributed by atoms with Crippen LogP contribution in [-0.2, 0) is 4.43 Å². The van der Waals surface area contributed by atoms with E-state index in [0.29, 0.717) is 0 Å². The zero-order valence-electron chi connectivity index (χ0n) is 11.3. The van der Waals surface area contributed by atoms with E-state index in [1.807, 2.05) is 12.2 Å². The minimum absolute atomic E-state index is 0.238. The molecule has 4 heteroatoms. The average Bonchev–Trinajstić information content (AvgIpc) is 2.41. The SMILES string of the molecule is CCC[Si](C)(C)OC1(CC)CC=C[Si]1(C)O. The van der Waals surface area contributed by atoms with Crippen molar-refractivity contribution in [2.24, 2.45) is 0 Å². The number of hydrogen-bond donors (Lipinski definition) is 1. The molecule has 0 aromatic rings. The molecular weight excluding hydrogens is 232 g/mol. The highest BCUT2D eigenvalue weighted by Crippen LogP contribution is 2.39. The second-order valence-electron chi connectivity index (χ2n) is 5.71. The maximum absolute atomic E-state index is 10.6. The first-order valence-corrected chi connectivity index (χ1v) is 12.0. The summed E-state index contributed by atoms with van der Waals surface area (Å²) in [7, 11) is -3.94. The second kappa shape index (κ2) is 4.76. The average molecular weight is 259 g/mol. The van der Waals surface area contributed by atoms with Gasteiger partial charge in [-0.1, -0.05) is 32.0 Å². The van der Waals surface area contributed by atoms with Crippen molar-refractivity contribution in [1.82, 2.24) is 0 Å². The largest absolute Gasteiger partial charge is 0.426 e. The minimum atomic E-state index is -2.33. The highest BCUT2D eigenvalue weighted by molar-refractivity contribution is 6.81. The van der Waals surface area contributed by atoms with E-state index in [9.17, 15) is 4.80 Å². The van der Waals surface area contributed by atoms with Crippen molar-refractivity contribution in [2.45, 2.75) is 64.0 Å². The van der Waals surface area contributed by atoms with E-state index in [2.05, 4.69) is 33.0 Å². The minimum Gasteiger partial charge on any atom is -0.426 e. The molecule has 0 amide bonds. The maximum atomic E-state index is 10.6. The Hall–Kier alpha value is 0.0938. The lowest BCUT2D eigenvalue weighted by atomic mass is 10.2. The molecule has 94 valence electrons. The lowest BCUT2D eigenvalue weighted by molar-refractivity contribution is 0.119. The fourth-order valence-corrected chi connectivity index (χ4v) is 9.11. The molecule has 2 unspecified atom stereocenters. The van der Waals surface area contributed by atoms with Gasteiger partial charge in [0.15, 0.2) is 8.32 Å². The summed E-state index contributed by atoms with van der Waals surface area (Å²) in [5.74, 6) is 0. The molecule has 1 aliphatic heterocycles. The third-order valence-electron chi connectivity index (χ3n) is 3.71. The van der Waals surface area contributed by atoms with E-state index in [1.165, 1.54) is 12.5 Å². The van der Waals surface area contributed by atoms with Gasteiger partial charge in [0.05, 0.1) is 5.22 Å². The summed E-state index contributed by atoms with van der Waals surface area (Å²) in [5.41, 5.74) is 2.03. The van der Waals surface area contributed by atoms with Gasteiger partial charge in [0.1, 0.15) is 0 Å². The summed E-state index contributed by atoms with van der Waals surface area (Å²) < 4.78 is 6.48. The molecule has 1 rings (SSSR count). The van der Waals surface area contributed by atoms with Crippen molar-refractivity contribution in [3.63, 3.8) is 0 Å². The van der Waals surface area contributed by atoms with Gasteiger partial charge >= 0.3 is 0 Å². The van der Waals surface area contributed by atoms with Gasteiger partial charge in [0.25, 0.3) is 0 Å². The summed E-state index contributed by atoms with van der Waals surface area (Å²) >= 11 is 0. The van der Waals surface area contributed by atoms with Crippen LogP contribution in [0.4, 0.5) is 0 Å². The van der Waals surface area contributed by atoms with Crippen molar-refractivity contribution in [1.29, 1.82) is 0 Å². The lowest BCUT2D eigenvalue weighted by Gasteiger charge is -2.43. The van der Waals surface area contributed by atoms with Crippen LogP contribution in [0.25, 0.3) is 0 Å². The Bertz CT molecular complexity index is 274. The van der Waals surface area contributed by atoms with Gasteiger partial charge in [-0.15, -0.1) is 0 Å². The van der Waals surface area contributed by atoms with E-state index in [4.69, 9.17) is 4.43 Å². The van der Waals surface area contributed by atoms with Crippen LogP contribution in [0.5, 0.6) is 0 Å². The fraction of sp³-hybridized carbons (Fsp3) is 0.833. The predicted octanol–water partition coefficient (Wildman–Crippen LogP) is 3.37. The third-order valence-corrected chi connectivity index (χ3v) is 9.95. The predicted molar refractivity (Wildman–Crippen MR) is 74.3 cm³/mol. The van der Waals surface area contributed by atoms with Gasteiger partial charge in [-0.3, -0.25) is 0 Å². The molecule has 1 N–H and O–H groups in total. The van der Waals surface area contributed by atoms with Gasteiger partial charge in [-0.2, -0.15) is 0 Å². The Morgan fingerprint density at radius 2 is 2.06 bits per heavy atom. The Morgan fingerprint density at radius 1 is 1.44 bits per heavy atom. The Labute approximate surface area is 102 Å². The van der Waals surface area contributed by atoms with Gasteiger partial charge in [-0.25, -0.2) is 0 Å². The molecule has 0 saturated heterocycles. The molecule has 0 fully saturated rings. The Morgan fingerprint density at radius 3 is 2.44 bits per heavy atom. The van der Waals surface area contributed by atoms with Crippen LogP contribution in [0.1, 0.15) is 33.1 Å². The second-order valence-corrected chi connectivity index (χ2v) is 13.5. The Balaban J connectivity index is 2.84. The molecule has 0 aromatic carbocycles. The monoisotopic (exact) mass is 258 g/mol. The van der Waals surface area contributed by atoms with Crippen LogP contribution in [0.15, 0.2) is 11.8 Å². The fourth-order valence-electron chi connectivity index (χ4n) is 2.74. The summed E-state index contributed by atoms with van der Waals surface area (Å²) in [5, 5.41) is -0.238. The molecule has 0 bridgehead atoms. The van der Waals surface area contributed by atoms with Crippen molar-refractivity contribution < 1.29 is 9.22 Å². The van der Waals surface area contributed by atoms with Crippen molar-refractivity contribution >= 4 is 16.6 Å². The highest BCUT2D eigenvalue weighted by Gasteiger charge is 2.52. The van der Waals surface area contributed by atoms with Gasteiger partial charge in [0.2, 0.25) is 8.32 Å². The molecule has 1 aliphatic rings. The smallest absolute Gasteiger partial charge is 0.240 e. The van der Waals surface area contributed by atoms with Crippen LogP contribution < -0.4 is 0 Å². The topological polar surface area (TPSA) is 29.5 Å². The van der Waals surface area contributed by atoms with E-state index in [1.54, 1.807) is 0 Å². The van der Waals surface area contributed by atoms with Crippen LogP contribution in [0, 0.1) is 0 Å². The molecule has 0 radical (unpaired) electrons. The van der Waals surface area contributed by atoms with Crippen LogP contribution >= 0.6 is 0 Å². The molecule has 0 saturated carbocycles. The van der Waals surface area contributed by atoms with Crippen molar-refractivity contribution in [3.8, 4) is 0 Å². The van der Waals surface area contributed by atoms with Crippen molar-refractivity contribution in [2.75, 3.05) is 0 Å². The van der Waals surface area contributed by atoms with Gasteiger partial charge in [0, 0.05) is 0 Å².